The van der Waals surface area contributed by atoms with Crippen LogP contribution in [0.4, 0.5) is 13.2 Å². The third-order valence-electron chi connectivity index (χ3n) is 2.63. The molecule has 0 radical (unpaired) electrons. The number of halogens is 3. The monoisotopic (exact) mass is 271 g/mol. The lowest BCUT2D eigenvalue weighted by molar-refractivity contribution is -0.137. The maximum atomic E-state index is 12.7. The summed E-state index contributed by atoms with van der Waals surface area (Å²) in [6.45, 7) is 2.07. The largest absolute Gasteiger partial charge is 0.416 e. The number of aromatic nitrogens is 4. The number of hydrogen-bond acceptors (Lipinski definition) is 4. The normalized spacial score (nSPS) is 11.8. The average molecular weight is 271 g/mol. The van der Waals surface area contributed by atoms with Crippen molar-refractivity contribution in [2.45, 2.75) is 19.6 Å². The maximum Gasteiger partial charge on any atom is 0.416 e. The van der Waals surface area contributed by atoms with E-state index in [1.54, 1.807) is 14.0 Å². The minimum Gasteiger partial charge on any atom is -0.313 e. The molecule has 0 aliphatic heterocycles. The highest BCUT2D eigenvalue weighted by Gasteiger charge is 2.31. The van der Waals surface area contributed by atoms with Gasteiger partial charge in [-0.05, 0) is 42.1 Å². The Kier molecular flexibility index (Phi) is 3.52. The number of nitrogens with zero attached hydrogens (tertiary/aromatic N) is 4. The predicted molar refractivity (Wildman–Crippen MR) is 61.7 cm³/mol. The summed E-state index contributed by atoms with van der Waals surface area (Å²) in [5, 5.41) is 13.9. The molecular weight excluding hydrogens is 259 g/mol. The van der Waals surface area contributed by atoms with E-state index in [9.17, 15) is 13.2 Å². The van der Waals surface area contributed by atoms with Gasteiger partial charge in [-0.25, -0.2) is 0 Å². The van der Waals surface area contributed by atoms with Gasteiger partial charge in [0, 0.05) is 0 Å². The summed E-state index contributed by atoms with van der Waals surface area (Å²) >= 11 is 0. The second-order valence-corrected chi connectivity index (χ2v) is 4.04. The van der Waals surface area contributed by atoms with Gasteiger partial charge in [-0.1, -0.05) is 6.07 Å². The Bertz CT molecular complexity index is 576. The van der Waals surface area contributed by atoms with E-state index in [-0.39, 0.29) is 0 Å². The highest BCUT2D eigenvalue weighted by atomic mass is 19.4. The summed E-state index contributed by atoms with van der Waals surface area (Å²) in [7, 11) is 1.71. The van der Waals surface area contributed by atoms with Crippen LogP contribution >= 0.6 is 0 Å². The molecule has 1 aromatic carbocycles. The van der Waals surface area contributed by atoms with Gasteiger partial charge in [-0.3, -0.25) is 0 Å². The van der Waals surface area contributed by atoms with Crippen molar-refractivity contribution in [3.05, 3.63) is 35.2 Å². The van der Waals surface area contributed by atoms with E-state index in [2.05, 4.69) is 20.8 Å². The van der Waals surface area contributed by atoms with Crippen LogP contribution in [0.1, 0.15) is 17.0 Å². The van der Waals surface area contributed by atoms with Gasteiger partial charge < -0.3 is 5.32 Å². The minimum absolute atomic E-state index is 0.324. The van der Waals surface area contributed by atoms with E-state index in [1.807, 2.05) is 0 Å². The number of rotatable bonds is 3. The molecule has 0 atom stereocenters. The van der Waals surface area contributed by atoms with Crippen LogP contribution in [0.15, 0.2) is 18.2 Å². The Morgan fingerprint density at radius 2 is 2.05 bits per heavy atom. The molecule has 0 unspecified atom stereocenters. The summed E-state index contributed by atoms with van der Waals surface area (Å²) in [5.41, 5.74) is 0.265. The number of nitrogens with one attached hydrogen (secondary N) is 1. The molecule has 1 aromatic heterocycles. The van der Waals surface area contributed by atoms with Gasteiger partial charge in [-0.2, -0.15) is 17.9 Å². The highest BCUT2D eigenvalue weighted by Crippen LogP contribution is 2.31. The third kappa shape index (κ3) is 2.73. The van der Waals surface area contributed by atoms with E-state index in [0.29, 0.717) is 23.6 Å². The van der Waals surface area contributed by atoms with Gasteiger partial charge in [0.25, 0.3) is 0 Å². The Hall–Kier alpha value is -1.96. The number of benzene rings is 1. The fourth-order valence-electron chi connectivity index (χ4n) is 1.68. The average Bonchev–Trinajstić information content (AvgIpc) is 2.77. The molecule has 0 aliphatic carbocycles. The van der Waals surface area contributed by atoms with Crippen molar-refractivity contribution in [1.82, 2.24) is 25.5 Å². The van der Waals surface area contributed by atoms with Gasteiger partial charge in [0.2, 0.25) is 0 Å². The molecule has 5 nitrogen and oxygen atoms in total. The van der Waals surface area contributed by atoms with Crippen molar-refractivity contribution < 1.29 is 13.2 Å². The summed E-state index contributed by atoms with van der Waals surface area (Å²) in [6, 6.07) is 3.49. The number of aryl methyl sites for hydroxylation is 1. The Balaban J connectivity index is 2.52. The van der Waals surface area contributed by atoms with Crippen molar-refractivity contribution in [2.24, 2.45) is 0 Å². The van der Waals surface area contributed by atoms with E-state index < -0.39 is 11.7 Å². The van der Waals surface area contributed by atoms with Crippen LogP contribution in [0.3, 0.4) is 0 Å². The zero-order valence-electron chi connectivity index (χ0n) is 10.4. The van der Waals surface area contributed by atoms with Crippen LogP contribution in [0.2, 0.25) is 0 Å². The molecule has 0 spiro atoms. The molecule has 0 bridgehead atoms. The molecule has 0 aliphatic rings. The lowest BCUT2D eigenvalue weighted by atomic mass is 10.1. The first-order valence-corrected chi connectivity index (χ1v) is 5.53. The fourth-order valence-corrected chi connectivity index (χ4v) is 1.68. The summed E-state index contributed by atoms with van der Waals surface area (Å²) in [5.74, 6) is 0.449. The number of tetrazole rings is 1. The molecule has 2 rings (SSSR count). The van der Waals surface area contributed by atoms with Crippen LogP contribution in [0, 0.1) is 6.92 Å². The smallest absolute Gasteiger partial charge is 0.313 e. The SMILES string of the molecule is CNCc1nnnn1-c1cc(C(F)(F)F)ccc1C. The first-order chi connectivity index (χ1) is 8.93. The van der Waals surface area contributed by atoms with Crippen molar-refractivity contribution in [2.75, 3.05) is 7.05 Å². The molecule has 19 heavy (non-hydrogen) atoms. The van der Waals surface area contributed by atoms with Gasteiger partial charge in [-0.15, -0.1) is 5.10 Å². The maximum absolute atomic E-state index is 12.7. The molecule has 1 heterocycles. The predicted octanol–water partition coefficient (Wildman–Crippen LogP) is 1.71. The van der Waals surface area contributed by atoms with Crippen molar-refractivity contribution in [3.8, 4) is 5.69 Å². The fraction of sp³-hybridized carbons (Fsp3) is 0.364. The lowest BCUT2D eigenvalue weighted by Crippen LogP contribution is -2.14. The van der Waals surface area contributed by atoms with Crippen LogP contribution in [-0.4, -0.2) is 27.3 Å². The standard InChI is InChI=1S/C11H12F3N5/c1-7-3-4-8(11(12,13)14)5-9(7)19-10(6-15-2)16-17-18-19/h3-5,15H,6H2,1-2H3. The molecule has 102 valence electrons. The molecule has 0 saturated heterocycles. The van der Waals surface area contributed by atoms with Crippen molar-refractivity contribution in [1.29, 1.82) is 0 Å². The molecule has 2 aromatic rings. The minimum atomic E-state index is -4.39. The Labute approximate surface area is 107 Å². The van der Waals surface area contributed by atoms with Crippen molar-refractivity contribution in [3.63, 3.8) is 0 Å². The first-order valence-electron chi connectivity index (χ1n) is 5.53. The first kappa shape index (κ1) is 13.5. The second kappa shape index (κ2) is 4.96. The van der Waals surface area contributed by atoms with Crippen LogP contribution in [0.5, 0.6) is 0 Å². The van der Waals surface area contributed by atoms with Gasteiger partial charge in [0.15, 0.2) is 5.82 Å². The lowest BCUT2D eigenvalue weighted by Gasteiger charge is -2.12. The molecule has 0 fully saturated rings. The molecular formula is C11H12F3N5. The van der Waals surface area contributed by atoms with E-state index >= 15 is 0 Å². The third-order valence-corrected chi connectivity index (χ3v) is 2.63. The summed E-state index contributed by atoms with van der Waals surface area (Å²) in [4.78, 5) is 0. The van der Waals surface area contributed by atoms with Crippen molar-refractivity contribution >= 4 is 0 Å². The van der Waals surface area contributed by atoms with Crippen LogP contribution in [-0.2, 0) is 12.7 Å². The summed E-state index contributed by atoms with van der Waals surface area (Å²) < 4.78 is 39.5. The quantitative estimate of drug-likeness (QED) is 0.923. The Morgan fingerprint density at radius 3 is 2.68 bits per heavy atom. The van der Waals surface area contributed by atoms with E-state index in [0.717, 1.165) is 12.1 Å². The zero-order valence-corrected chi connectivity index (χ0v) is 10.4. The molecule has 0 saturated carbocycles. The zero-order chi connectivity index (χ0) is 14.0. The van der Waals surface area contributed by atoms with Gasteiger partial charge in [0.05, 0.1) is 17.8 Å². The van der Waals surface area contributed by atoms with Crippen LogP contribution < -0.4 is 5.32 Å². The Morgan fingerprint density at radius 1 is 1.32 bits per heavy atom. The molecule has 0 amide bonds. The van der Waals surface area contributed by atoms with Gasteiger partial charge >= 0.3 is 6.18 Å². The summed E-state index contributed by atoms with van der Waals surface area (Å²) in [6.07, 6.45) is -4.39. The highest BCUT2D eigenvalue weighted by molar-refractivity contribution is 5.43. The van der Waals surface area contributed by atoms with Crippen LogP contribution in [0.25, 0.3) is 5.69 Å². The molecule has 8 heteroatoms. The van der Waals surface area contributed by atoms with E-state index in [4.69, 9.17) is 0 Å². The topological polar surface area (TPSA) is 55.6 Å². The van der Waals surface area contributed by atoms with Gasteiger partial charge in [0.1, 0.15) is 0 Å². The second-order valence-electron chi connectivity index (χ2n) is 4.04. The number of alkyl halides is 3. The molecule has 1 N–H and O–H groups in total. The van der Waals surface area contributed by atoms with E-state index in [1.165, 1.54) is 10.7 Å². The number of hydrogen-bond donors (Lipinski definition) is 1.